The molecule has 0 spiro atoms. The number of hydrogen-bond acceptors (Lipinski definition) is 6. The molecule has 3 aromatic rings. The molecule has 0 saturated carbocycles. The van der Waals surface area contributed by atoms with E-state index in [0.29, 0.717) is 28.1 Å². The topological polar surface area (TPSA) is 89.7 Å². The van der Waals surface area contributed by atoms with Crippen LogP contribution in [0.25, 0.3) is 0 Å². The molecule has 0 saturated heterocycles. The number of carbonyl (C=O) groups is 3. The van der Waals surface area contributed by atoms with E-state index in [0.717, 1.165) is 10.5 Å². The average Bonchev–Trinajstić information content (AvgIpc) is 3.21. The fourth-order valence-electron chi connectivity index (χ4n) is 3.56. The molecule has 2 aromatic carbocycles. The van der Waals surface area contributed by atoms with Crippen LogP contribution in [-0.2, 0) is 22.6 Å². The third kappa shape index (κ3) is 3.50. The van der Waals surface area contributed by atoms with E-state index in [1.165, 1.54) is 0 Å². The van der Waals surface area contributed by atoms with Crippen LogP contribution >= 0.6 is 0 Å². The van der Waals surface area contributed by atoms with Gasteiger partial charge in [-0.15, -0.1) is 0 Å². The van der Waals surface area contributed by atoms with Crippen LogP contribution in [0.3, 0.4) is 0 Å². The maximum absolute atomic E-state index is 13.1. The van der Waals surface area contributed by atoms with Gasteiger partial charge in [-0.2, -0.15) is 0 Å². The summed E-state index contributed by atoms with van der Waals surface area (Å²) in [6.07, 6.45) is 0.159. The fourth-order valence-corrected chi connectivity index (χ4v) is 3.56. The number of imide groups is 1. The summed E-state index contributed by atoms with van der Waals surface area (Å²) in [5.41, 5.74) is 2.69. The third-order valence-electron chi connectivity index (χ3n) is 5.22. The fraction of sp³-hybridized carbons (Fsp3) is 0.217. The number of amides is 2. The number of esters is 1. The molecule has 1 aliphatic rings. The molecule has 7 nitrogen and oxygen atoms in total. The van der Waals surface area contributed by atoms with Gasteiger partial charge in [-0.25, -0.2) is 4.79 Å². The lowest BCUT2D eigenvalue weighted by atomic mass is 10.0. The monoisotopic (exact) mass is 404 g/mol. The van der Waals surface area contributed by atoms with Crippen LogP contribution in [0, 0.1) is 13.8 Å². The van der Waals surface area contributed by atoms with Gasteiger partial charge in [-0.1, -0.05) is 47.6 Å². The highest BCUT2D eigenvalue weighted by atomic mass is 16.5. The maximum atomic E-state index is 13.1. The largest absolute Gasteiger partial charge is 0.459 e. The second kappa shape index (κ2) is 7.94. The minimum atomic E-state index is -1.08. The zero-order valence-electron chi connectivity index (χ0n) is 16.6. The quantitative estimate of drug-likeness (QED) is 0.463. The van der Waals surface area contributed by atoms with E-state index < -0.39 is 23.8 Å². The second-order valence-corrected chi connectivity index (χ2v) is 7.14. The Hall–Kier alpha value is -3.74. The first-order chi connectivity index (χ1) is 14.5. The molecule has 152 valence electrons. The molecule has 1 atom stereocenters. The lowest BCUT2D eigenvalue weighted by Crippen LogP contribution is -2.47. The molecule has 2 heterocycles. The van der Waals surface area contributed by atoms with E-state index >= 15 is 0 Å². The predicted octanol–water partition coefficient (Wildman–Crippen LogP) is 3.24. The number of carbonyl (C=O) groups excluding carboxylic acids is 3. The Morgan fingerprint density at radius 3 is 2.17 bits per heavy atom. The van der Waals surface area contributed by atoms with Gasteiger partial charge in [0.2, 0.25) is 0 Å². The summed E-state index contributed by atoms with van der Waals surface area (Å²) in [4.78, 5) is 40.0. The summed E-state index contributed by atoms with van der Waals surface area (Å²) < 4.78 is 10.6. The van der Waals surface area contributed by atoms with E-state index in [-0.39, 0.29) is 13.0 Å². The maximum Gasteiger partial charge on any atom is 0.330 e. The van der Waals surface area contributed by atoms with Crippen molar-refractivity contribution in [1.29, 1.82) is 0 Å². The van der Waals surface area contributed by atoms with Gasteiger partial charge in [0.05, 0.1) is 22.4 Å². The van der Waals surface area contributed by atoms with Crippen LogP contribution < -0.4 is 0 Å². The Morgan fingerprint density at radius 2 is 1.60 bits per heavy atom. The highest BCUT2D eigenvalue weighted by molar-refractivity contribution is 6.22. The summed E-state index contributed by atoms with van der Waals surface area (Å²) in [5, 5.41) is 3.85. The lowest BCUT2D eigenvalue weighted by molar-refractivity contribution is -0.149. The molecule has 4 rings (SSSR count). The van der Waals surface area contributed by atoms with E-state index in [1.54, 1.807) is 38.1 Å². The van der Waals surface area contributed by atoms with Crippen molar-refractivity contribution in [3.05, 3.63) is 88.3 Å². The second-order valence-electron chi connectivity index (χ2n) is 7.14. The minimum absolute atomic E-state index is 0.0472. The van der Waals surface area contributed by atoms with E-state index in [2.05, 4.69) is 5.16 Å². The van der Waals surface area contributed by atoms with Gasteiger partial charge >= 0.3 is 5.97 Å². The molecular weight excluding hydrogens is 384 g/mol. The zero-order valence-corrected chi connectivity index (χ0v) is 16.6. The van der Waals surface area contributed by atoms with Crippen molar-refractivity contribution in [2.75, 3.05) is 0 Å². The Kier molecular flexibility index (Phi) is 5.18. The standard InChI is InChI=1S/C23H20N2O5/c1-14-19(15(2)30-24-14)13-29-23(28)20(12-16-8-4-3-5-9-16)25-21(26)17-10-6-7-11-18(17)22(25)27/h3-11,20H,12-13H2,1-2H3. The van der Waals surface area contributed by atoms with Crippen molar-refractivity contribution in [2.24, 2.45) is 0 Å². The van der Waals surface area contributed by atoms with Crippen LogP contribution in [0.5, 0.6) is 0 Å². The normalized spacial score (nSPS) is 14.0. The first-order valence-electron chi connectivity index (χ1n) is 9.56. The summed E-state index contributed by atoms with van der Waals surface area (Å²) in [5.74, 6) is -1.09. The number of aromatic nitrogens is 1. The molecule has 2 amide bonds. The number of aryl methyl sites for hydroxylation is 2. The lowest BCUT2D eigenvalue weighted by Gasteiger charge is -2.24. The number of rotatable bonds is 6. The zero-order chi connectivity index (χ0) is 21.3. The predicted molar refractivity (Wildman–Crippen MR) is 107 cm³/mol. The molecule has 0 aliphatic carbocycles. The van der Waals surface area contributed by atoms with Crippen LogP contribution in [0.1, 0.15) is 43.3 Å². The van der Waals surface area contributed by atoms with Gasteiger partial charge in [-0.3, -0.25) is 14.5 Å². The number of ether oxygens (including phenoxy) is 1. The van der Waals surface area contributed by atoms with Gasteiger partial charge in [0, 0.05) is 6.42 Å². The average molecular weight is 404 g/mol. The molecular formula is C23H20N2O5. The third-order valence-corrected chi connectivity index (χ3v) is 5.22. The van der Waals surface area contributed by atoms with Crippen molar-refractivity contribution in [1.82, 2.24) is 10.1 Å². The van der Waals surface area contributed by atoms with Crippen LogP contribution in [0.15, 0.2) is 59.1 Å². The molecule has 1 unspecified atom stereocenters. The van der Waals surface area contributed by atoms with E-state index in [1.807, 2.05) is 30.3 Å². The van der Waals surface area contributed by atoms with Crippen LogP contribution in [0.4, 0.5) is 0 Å². The van der Waals surface area contributed by atoms with Gasteiger partial charge in [0.25, 0.3) is 11.8 Å². The van der Waals surface area contributed by atoms with Crippen molar-refractivity contribution in [3.8, 4) is 0 Å². The smallest absolute Gasteiger partial charge is 0.330 e. The Labute approximate surface area is 173 Å². The number of nitrogens with zero attached hydrogens (tertiary/aromatic N) is 2. The number of fused-ring (bicyclic) bond motifs is 1. The molecule has 0 bridgehead atoms. The highest BCUT2D eigenvalue weighted by Crippen LogP contribution is 2.27. The van der Waals surface area contributed by atoms with E-state index in [4.69, 9.17) is 9.26 Å². The number of benzene rings is 2. The van der Waals surface area contributed by atoms with Gasteiger partial charge in [0.1, 0.15) is 18.4 Å². The first-order valence-corrected chi connectivity index (χ1v) is 9.56. The van der Waals surface area contributed by atoms with Crippen molar-refractivity contribution in [3.63, 3.8) is 0 Å². The molecule has 1 aliphatic heterocycles. The van der Waals surface area contributed by atoms with Gasteiger partial charge < -0.3 is 9.26 Å². The minimum Gasteiger partial charge on any atom is -0.459 e. The Balaban J connectivity index is 1.62. The van der Waals surface area contributed by atoms with Crippen molar-refractivity contribution in [2.45, 2.75) is 32.9 Å². The molecule has 30 heavy (non-hydrogen) atoms. The van der Waals surface area contributed by atoms with Crippen LogP contribution in [0.2, 0.25) is 0 Å². The molecule has 1 aromatic heterocycles. The highest BCUT2D eigenvalue weighted by Gasteiger charge is 2.43. The molecule has 0 fully saturated rings. The first kappa shape index (κ1) is 19.6. The van der Waals surface area contributed by atoms with Crippen molar-refractivity contribution < 1.29 is 23.6 Å². The van der Waals surface area contributed by atoms with Crippen LogP contribution in [-0.4, -0.2) is 33.9 Å². The Morgan fingerprint density at radius 1 is 1.00 bits per heavy atom. The molecule has 7 heteroatoms. The Bertz CT molecular complexity index is 1070. The SMILES string of the molecule is Cc1noc(C)c1COC(=O)C(Cc1ccccc1)N1C(=O)c2ccccc2C1=O. The van der Waals surface area contributed by atoms with E-state index in [9.17, 15) is 14.4 Å². The summed E-state index contributed by atoms with van der Waals surface area (Å²) in [6, 6.07) is 14.7. The van der Waals surface area contributed by atoms with Gasteiger partial charge in [0.15, 0.2) is 0 Å². The van der Waals surface area contributed by atoms with Crippen molar-refractivity contribution >= 4 is 17.8 Å². The summed E-state index contributed by atoms with van der Waals surface area (Å²) in [6.45, 7) is 3.44. The number of hydrogen-bond donors (Lipinski definition) is 0. The molecule has 0 N–H and O–H groups in total. The van der Waals surface area contributed by atoms with Gasteiger partial charge in [-0.05, 0) is 31.5 Å². The summed E-state index contributed by atoms with van der Waals surface area (Å²) in [7, 11) is 0. The molecule has 0 radical (unpaired) electrons. The summed E-state index contributed by atoms with van der Waals surface area (Å²) >= 11 is 0.